The van der Waals surface area contributed by atoms with Gasteiger partial charge in [0.25, 0.3) is 0 Å². The molecule has 0 unspecified atom stereocenters. The quantitative estimate of drug-likeness (QED) is 0.788. The first-order chi connectivity index (χ1) is 10.4. The zero-order valence-electron chi connectivity index (χ0n) is 12.0. The van der Waals surface area contributed by atoms with Crippen LogP contribution in [-0.2, 0) is 19.4 Å². The lowest BCUT2D eigenvalue weighted by Gasteiger charge is -2.19. The van der Waals surface area contributed by atoms with Crippen LogP contribution >= 0.6 is 0 Å². The number of imidazole rings is 1. The Balaban J connectivity index is 1.56. The third-order valence-electron chi connectivity index (χ3n) is 4.27. The normalized spacial score (nSPS) is 14.1. The highest BCUT2D eigenvalue weighted by Crippen LogP contribution is 2.28. The van der Waals surface area contributed by atoms with Crippen molar-refractivity contribution in [3.8, 4) is 0 Å². The molecule has 21 heavy (non-hydrogen) atoms. The summed E-state index contributed by atoms with van der Waals surface area (Å²) in [6, 6.07) is 12.7. The second-order valence-electron chi connectivity index (χ2n) is 5.70. The summed E-state index contributed by atoms with van der Waals surface area (Å²) in [6.07, 6.45) is 9.18. The number of benzene rings is 1. The van der Waals surface area contributed by atoms with E-state index in [2.05, 4.69) is 39.1 Å². The predicted molar refractivity (Wildman–Crippen MR) is 85.6 cm³/mol. The molecule has 0 fully saturated rings. The first kappa shape index (κ1) is 12.5. The summed E-state index contributed by atoms with van der Waals surface area (Å²) in [6.45, 7) is 0.776. The van der Waals surface area contributed by atoms with Crippen molar-refractivity contribution in [3.63, 3.8) is 0 Å². The topological polar surface area (TPSA) is 29.3 Å². The number of hydrogen-bond donors (Lipinski definition) is 1. The lowest BCUT2D eigenvalue weighted by atomic mass is 9.90. The summed E-state index contributed by atoms with van der Waals surface area (Å²) in [5, 5.41) is 3.57. The summed E-state index contributed by atoms with van der Waals surface area (Å²) >= 11 is 0. The molecule has 0 radical (unpaired) electrons. The average molecular weight is 277 g/mol. The van der Waals surface area contributed by atoms with Gasteiger partial charge < -0.3 is 9.72 Å². The van der Waals surface area contributed by atoms with E-state index < -0.39 is 0 Å². The Kier molecular flexibility index (Phi) is 3.11. The van der Waals surface area contributed by atoms with E-state index in [1.807, 2.05) is 24.4 Å². The molecule has 0 saturated carbocycles. The van der Waals surface area contributed by atoms with Crippen LogP contribution in [0.3, 0.4) is 0 Å². The molecule has 0 atom stereocenters. The van der Waals surface area contributed by atoms with E-state index in [4.69, 9.17) is 0 Å². The number of hydrogen-bond acceptors (Lipinski definition) is 2. The molecule has 1 aromatic carbocycles. The molecule has 1 aliphatic carbocycles. The summed E-state index contributed by atoms with van der Waals surface area (Å²) in [5.41, 5.74) is 6.39. The Bertz CT molecular complexity index is 740. The van der Waals surface area contributed by atoms with Crippen molar-refractivity contribution in [2.45, 2.75) is 32.2 Å². The summed E-state index contributed by atoms with van der Waals surface area (Å²) < 4.78 is 2.07. The van der Waals surface area contributed by atoms with Crippen LogP contribution in [0.25, 0.3) is 5.65 Å². The van der Waals surface area contributed by atoms with E-state index in [1.165, 1.54) is 42.5 Å². The second kappa shape index (κ2) is 5.24. The van der Waals surface area contributed by atoms with E-state index >= 15 is 0 Å². The fourth-order valence-corrected chi connectivity index (χ4v) is 3.21. The highest BCUT2D eigenvalue weighted by atomic mass is 15.0. The molecule has 106 valence electrons. The fourth-order valence-electron chi connectivity index (χ4n) is 3.21. The maximum Gasteiger partial charge on any atom is 0.137 e. The minimum atomic E-state index is 0.776. The van der Waals surface area contributed by atoms with Crippen molar-refractivity contribution in [3.05, 3.63) is 65.6 Å². The number of anilines is 1. The van der Waals surface area contributed by atoms with E-state index in [9.17, 15) is 0 Å². The van der Waals surface area contributed by atoms with Crippen molar-refractivity contribution < 1.29 is 0 Å². The Morgan fingerprint density at radius 3 is 2.95 bits per heavy atom. The predicted octanol–water partition coefficient (Wildman–Crippen LogP) is 3.83. The maximum absolute atomic E-state index is 4.64. The minimum Gasteiger partial charge on any atom is -0.379 e. The van der Waals surface area contributed by atoms with Crippen LogP contribution in [-0.4, -0.2) is 9.38 Å². The second-order valence-corrected chi connectivity index (χ2v) is 5.70. The van der Waals surface area contributed by atoms with Crippen LogP contribution in [0.4, 0.5) is 5.69 Å². The van der Waals surface area contributed by atoms with Gasteiger partial charge in [-0.1, -0.05) is 18.2 Å². The smallest absolute Gasteiger partial charge is 0.137 e. The van der Waals surface area contributed by atoms with Gasteiger partial charge in [0.05, 0.1) is 12.2 Å². The van der Waals surface area contributed by atoms with Gasteiger partial charge in [0.1, 0.15) is 5.65 Å². The summed E-state index contributed by atoms with van der Waals surface area (Å²) in [4.78, 5) is 4.64. The molecule has 0 aliphatic heterocycles. The number of nitrogens with zero attached hydrogens (tertiary/aromatic N) is 2. The summed E-state index contributed by atoms with van der Waals surface area (Å²) in [7, 11) is 0. The number of aryl methyl sites for hydroxylation is 1. The van der Waals surface area contributed by atoms with E-state index in [0.29, 0.717) is 0 Å². The van der Waals surface area contributed by atoms with Gasteiger partial charge in [-0.2, -0.15) is 0 Å². The molecule has 0 spiro atoms. The van der Waals surface area contributed by atoms with Gasteiger partial charge in [0.2, 0.25) is 0 Å². The molecule has 0 saturated heterocycles. The SMILES string of the molecule is c1cc2c(c(NCc3cn4ccccc4n3)c1)CCCC2. The number of fused-ring (bicyclic) bond motifs is 2. The monoisotopic (exact) mass is 277 g/mol. The third kappa shape index (κ3) is 2.40. The van der Waals surface area contributed by atoms with Gasteiger partial charge in [0, 0.05) is 18.1 Å². The van der Waals surface area contributed by atoms with Gasteiger partial charge in [-0.25, -0.2) is 4.98 Å². The number of aromatic nitrogens is 2. The molecule has 0 bridgehead atoms. The number of pyridine rings is 1. The lowest BCUT2D eigenvalue weighted by molar-refractivity contribution is 0.686. The first-order valence-corrected chi connectivity index (χ1v) is 7.67. The van der Waals surface area contributed by atoms with Crippen LogP contribution < -0.4 is 5.32 Å². The van der Waals surface area contributed by atoms with Crippen LogP contribution in [0.1, 0.15) is 29.7 Å². The van der Waals surface area contributed by atoms with Crippen LogP contribution in [0.2, 0.25) is 0 Å². The van der Waals surface area contributed by atoms with Crippen LogP contribution in [0.5, 0.6) is 0 Å². The highest BCUT2D eigenvalue weighted by Gasteiger charge is 2.12. The molecule has 2 aromatic heterocycles. The van der Waals surface area contributed by atoms with E-state index in [-0.39, 0.29) is 0 Å². The van der Waals surface area contributed by atoms with E-state index in [1.54, 1.807) is 0 Å². The van der Waals surface area contributed by atoms with Crippen molar-refractivity contribution in [1.82, 2.24) is 9.38 Å². The van der Waals surface area contributed by atoms with Gasteiger partial charge in [0.15, 0.2) is 0 Å². The van der Waals surface area contributed by atoms with Crippen molar-refractivity contribution >= 4 is 11.3 Å². The first-order valence-electron chi connectivity index (χ1n) is 7.67. The zero-order valence-corrected chi connectivity index (χ0v) is 12.0. The maximum atomic E-state index is 4.64. The molecule has 0 amide bonds. The fraction of sp³-hybridized carbons (Fsp3) is 0.278. The van der Waals surface area contributed by atoms with Crippen molar-refractivity contribution in [2.24, 2.45) is 0 Å². The van der Waals surface area contributed by atoms with Crippen molar-refractivity contribution in [2.75, 3.05) is 5.32 Å². The minimum absolute atomic E-state index is 0.776. The van der Waals surface area contributed by atoms with Gasteiger partial charge in [-0.3, -0.25) is 0 Å². The average Bonchev–Trinajstić information content (AvgIpc) is 2.96. The molecule has 3 nitrogen and oxygen atoms in total. The molecular formula is C18H19N3. The van der Waals surface area contributed by atoms with Crippen molar-refractivity contribution in [1.29, 1.82) is 0 Å². The molecule has 3 heteroatoms. The molecule has 1 aliphatic rings. The number of rotatable bonds is 3. The zero-order chi connectivity index (χ0) is 14.1. The Labute approximate surface area is 124 Å². The Morgan fingerprint density at radius 1 is 1.05 bits per heavy atom. The molecule has 2 heterocycles. The number of nitrogens with one attached hydrogen (secondary N) is 1. The summed E-state index contributed by atoms with van der Waals surface area (Å²) in [5.74, 6) is 0. The molecular weight excluding hydrogens is 258 g/mol. The lowest BCUT2D eigenvalue weighted by Crippen LogP contribution is -2.08. The van der Waals surface area contributed by atoms with Crippen LogP contribution in [0, 0.1) is 0 Å². The third-order valence-corrected chi connectivity index (χ3v) is 4.27. The Morgan fingerprint density at radius 2 is 2.00 bits per heavy atom. The van der Waals surface area contributed by atoms with Gasteiger partial charge in [-0.15, -0.1) is 0 Å². The van der Waals surface area contributed by atoms with Gasteiger partial charge >= 0.3 is 0 Å². The molecule has 4 rings (SSSR count). The van der Waals surface area contributed by atoms with E-state index in [0.717, 1.165) is 17.9 Å². The largest absolute Gasteiger partial charge is 0.379 e. The highest BCUT2D eigenvalue weighted by molar-refractivity contribution is 5.56. The van der Waals surface area contributed by atoms with Gasteiger partial charge in [-0.05, 0) is 55.0 Å². The Hall–Kier alpha value is -2.29. The molecule has 1 N–H and O–H groups in total. The molecule has 3 aromatic rings. The standard InChI is InChI=1S/C18H19N3/c1-2-8-16-14(6-1)7-5-9-17(16)19-12-15-13-21-11-4-3-10-18(21)20-15/h3-5,7,9-11,13,19H,1-2,6,8,12H2. The van der Waals surface area contributed by atoms with Crippen LogP contribution in [0.15, 0.2) is 48.8 Å².